The normalized spacial score (nSPS) is 11.0. The number of anilines is 1. The molecule has 0 radical (unpaired) electrons. The molecule has 2 aromatic rings. The molecule has 0 amide bonds. The Morgan fingerprint density at radius 1 is 1.24 bits per heavy atom. The molecule has 2 N–H and O–H groups in total. The topological polar surface area (TPSA) is 49.3 Å². The third-order valence-electron chi connectivity index (χ3n) is 2.69. The van der Waals surface area contributed by atoms with Crippen LogP contribution in [0.1, 0.15) is 19.0 Å². The Morgan fingerprint density at radius 2 is 2.00 bits per heavy atom. The molecule has 1 aromatic heterocycles. The summed E-state index contributed by atoms with van der Waals surface area (Å²) in [5.74, 6) is 0. The molecule has 4 nitrogen and oxygen atoms in total. The molecule has 0 saturated heterocycles. The first kappa shape index (κ1) is 15.6. The van der Waals surface area contributed by atoms with Crippen molar-refractivity contribution in [1.82, 2.24) is 10.4 Å². The molecule has 1 heterocycles. The Balaban J connectivity index is 1.98. The van der Waals surface area contributed by atoms with Gasteiger partial charge >= 0.3 is 0 Å². The Labute approximate surface area is 137 Å². The van der Waals surface area contributed by atoms with Crippen LogP contribution >= 0.6 is 28.1 Å². The monoisotopic (exact) mass is 362 g/mol. The zero-order valence-corrected chi connectivity index (χ0v) is 13.9. The number of rotatable bonds is 4. The summed E-state index contributed by atoms with van der Waals surface area (Å²) in [5, 5.41) is 7.83. The average molecular weight is 363 g/mol. The molecule has 0 spiro atoms. The fourth-order valence-electron chi connectivity index (χ4n) is 1.66. The molecule has 0 aliphatic heterocycles. The number of hydrazone groups is 1. The lowest BCUT2D eigenvalue weighted by molar-refractivity contribution is 1.01. The van der Waals surface area contributed by atoms with Crippen LogP contribution in [0.2, 0.25) is 0 Å². The van der Waals surface area contributed by atoms with Crippen LogP contribution in [0.3, 0.4) is 0 Å². The number of halogens is 1. The maximum atomic E-state index is 5.22. The van der Waals surface area contributed by atoms with E-state index in [4.69, 9.17) is 12.2 Å². The molecule has 108 valence electrons. The molecule has 1 aromatic carbocycles. The summed E-state index contributed by atoms with van der Waals surface area (Å²) in [6, 6.07) is 13.5. The molecule has 2 rings (SSSR count). The Kier molecular flexibility index (Phi) is 5.83. The average Bonchev–Trinajstić information content (AvgIpc) is 2.51. The van der Waals surface area contributed by atoms with E-state index >= 15 is 0 Å². The van der Waals surface area contributed by atoms with Crippen LogP contribution in [0.5, 0.6) is 0 Å². The van der Waals surface area contributed by atoms with Crippen molar-refractivity contribution < 1.29 is 0 Å². The van der Waals surface area contributed by atoms with Gasteiger partial charge < -0.3 is 5.32 Å². The van der Waals surface area contributed by atoms with E-state index in [1.165, 1.54) is 0 Å². The van der Waals surface area contributed by atoms with E-state index in [0.717, 1.165) is 28.0 Å². The van der Waals surface area contributed by atoms with Crippen LogP contribution in [0.15, 0.2) is 58.2 Å². The minimum Gasteiger partial charge on any atom is -0.331 e. The summed E-state index contributed by atoms with van der Waals surface area (Å²) in [5.41, 5.74) is 5.46. The smallest absolute Gasteiger partial charge is 0.191 e. The van der Waals surface area contributed by atoms with Crippen molar-refractivity contribution in [2.75, 3.05) is 5.32 Å². The van der Waals surface area contributed by atoms with E-state index < -0.39 is 0 Å². The van der Waals surface area contributed by atoms with Crippen LogP contribution in [0.4, 0.5) is 5.69 Å². The van der Waals surface area contributed by atoms with Gasteiger partial charge in [0.1, 0.15) is 0 Å². The van der Waals surface area contributed by atoms with Gasteiger partial charge in [0.25, 0.3) is 0 Å². The Bertz CT molecular complexity index is 626. The quantitative estimate of drug-likeness (QED) is 0.491. The predicted octanol–water partition coefficient (Wildman–Crippen LogP) is 3.94. The molecule has 0 unspecified atom stereocenters. The van der Waals surface area contributed by atoms with Gasteiger partial charge in [-0.1, -0.05) is 28.9 Å². The summed E-state index contributed by atoms with van der Waals surface area (Å²) in [4.78, 5) is 4.28. The summed E-state index contributed by atoms with van der Waals surface area (Å²) < 4.78 is 1.02. The van der Waals surface area contributed by atoms with Gasteiger partial charge in [-0.2, -0.15) is 5.10 Å². The van der Waals surface area contributed by atoms with Gasteiger partial charge in [-0.05, 0) is 55.0 Å². The van der Waals surface area contributed by atoms with Crippen molar-refractivity contribution in [3.05, 3.63) is 58.8 Å². The maximum Gasteiger partial charge on any atom is 0.191 e. The van der Waals surface area contributed by atoms with E-state index in [2.05, 4.69) is 36.8 Å². The van der Waals surface area contributed by atoms with Crippen LogP contribution < -0.4 is 10.7 Å². The summed E-state index contributed by atoms with van der Waals surface area (Å²) in [7, 11) is 0. The lowest BCUT2D eigenvalue weighted by Crippen LogP contribution is -2.25. The van der Waals surface area contributed by atoms with E-state index in [1.807, 2.05) is 49.4 Å². The fourth-order valence-corrected chi connectivity index (χ4v) is 2.09. The molecule has 0 atom stereocenters. The van der Waals surface area contributed by atoms with Crippen LogP contribution in [-0.4, -0.2) is 15.8 Å². The van der Waals surface area contributed by atoms with Crippen molar-refractivity contribution in [2.45, 2.75) is 13.3 Å². The van der Waals surface area contributed by atoms with E-state index in [0.29, 0.717) is 5.11 Å². The molecule has 0 saturated carbocycles. The molecule has 0 fully saturated rings. The maximum absolute atomic E-state index is 5.22. The number of benzene rings is 1. The summed E-state index contributed by atoms with van der Waals surface area (Å²) >= 11 is 8.62. The fraction of sp³-hybridized carbons (Fsp3) is 0.133. The van der Waals surface area contributed by atoms with Gasteiger partial charge in [0.05, 0.1) is 11.4 Å². The third kappa shape index (κ3) is 4.91. The van der Waals surface area contributed by atoms with E-state index in [1.54, 1.807) is 6.20 Å². The molecule has 0 aliphatic rings. The molecular weight excluding hydrogens is 348 g/mol. The van der Waals surface area contributed by atoms with Gasteiger partial charge in [-0.15, -0.1) is 0 Å². The minimum absolute atomic E-state index is 0.444. The molecule has 21 heavy (non-hydrogen) atoms. The highest BCUT2D eigenvalue weighted by atomic mass is 79.9. The first-order chi connectivity index (χ1) is 10.2. The largest absolute Gasteiger partial charge is 0.331 e. The van der Waals surface area contributed by atoms with Gasteiger partial charge in [0.15, 0.2) is 5.11 Å². The van der Waals surface area contributed by atoms with Crippen LogP contribution in [-0.2, 0) is 0 Å². The molecule has 0 aliphatic carbocycles. The Hall–Kier alpha value is -1.79. The number of aromatic nitrogens is 1. The molecule has 0 bridgehead atoms. The van der Waals surface area contributed by atoms with Crippen molar-refractivity contribution in [3.8, 4) is 0 Å². The highest BCUT2D eigenvalue weighted by Crippen LogP contribution is 2.13. The second-order valence-electron chi connectivity index (χ2n) is 4.20. The highest BCUT2D eigenvalue weighted by Gasteiger charge is 2.02. The summed E-state index contributed by atoms with van der Waals surface area (Å²) in [6.07, 6.45) is 2.52. The zero-order valence-electron chi connectivity index (χ0n) is 11.5. The van der Waals surface area contributed by atoms with Crippen molar-refractivity contribution in [2.24, 2.45) is 5.10 Å². The van der Waals surface area contributed by atoms with Gasteiger partial charge in [-0.25, -0.2) is 0 Å². The number of thiocarbonyl (C=S) groups is 1. The third-order valence-corrected chi connectivity index (χ3v) is 3.41. The standard InChI is InChI=1S/C15H15BrN4S/c1-2-13(14-5-3-4-10-17-14)19-20-15(21)18-12-8-6-11(16)7-9-12/h3-10H,2H2,1H3,(H2,18,20,21)/b19-13+. The lowest BCUT2D eigenvalue weighted by Gasteiger charge is -2.08. The lowest BCUT2D eigenvalue weighted by atomic mass is 10.2. The first-order valence-electron chi connectivity index (χ1n) is 6.49. The molecule has 6 heteroatoms. The number of nitrogens with zero attached hydrogens (tertiary/aromatic N) is 2. The second-order valence-corrected chi connectivity index (χ2v) is 5.52. The number of pyridine rings is 1. The van der Waals surface area contributed by atoms with Crippen LogP contribution in [0, 0.1) is 0 Å². The van der Waals surface area contributed by atoms with Gasteiger partial charge in [-0.3, -0.25) is 10.4 Å². The van der Waals surface area contributed by atoms with E-state index in [-0.39, 0.29) is 0 Å². The van der Waals surface area contributed by atoms with Crippen LogP contribution in [0.25, 0.3) is 0 Å². The zero-order chi connectivity index (χ0) is 15.1. The number of hydrogen-bond acceptors (Lipinski definition) is 3. The van der Waals surface area contributed by atoms with Crippen molar-refractivity contribution in [3.63, 3.8) is 0 Å². The number of nitrogens with one attached hydrogen (secondary N) is 2. The minimum atomic E-state index is 0.444. The molecular formula is C15H15BrN4S. The number of hydrogen-bond donors (Lipinski definition) is 2. The SMILES string of the molecule is CC/C(=N\NC(=S)Nc1ccc(Br)cc1)c1ccccn1. The van der Waals surface area contributed by atoms with Crippen molar-refractivity contribution in [1.29, 1.82) is 0 Å². The van der Waals surface area contributed by atoms with Gasteiger partial charge in [0, 0.05) is 16.4 Å². The Morgan fingerprint density at radius 3 is 2.62 bits per heavy atom. The highest BCUT2D eigenvalue weighted by molar-refractivity contribution is 9.10. The van der Waals surface area contributed by atoms with E-state index in [9.17, 15) is 0 Å². The van der Waals surface area contributed by atoms with Gasteiger partial charge in [0.2, 0.25) is 0 Å². The predicted molar refractivity (Wildman–Crippen MR) is 94.6 cm³/mol. The summed E-state index contributed by atoms with van der Waals surface area (Å²) in [6.45, 7) is 2.03. The first-order valence-corrected chi connectivity index (χ1v) is 7.69. The van der Waals surface area contributed by atoms with Crippen molar-refractivity contribution >= 4 is 44.7 Å². The second kappa shape index (κ2) is 7.85.